The summed E-state index contributed by atoms with van der Waals surface area (Å²) in [5, 5.41) is 11.2. The Morgan fingerprint density at radius 3 is 2.72 bits per heavy atom. The number of nitrogens with one attached hydrogen (secondary N) is 1. The summed E-state index contributed by atoms with van der Waals surface area (Å²) in [5.74, 6) is 1.10. The topological polar surface area (TPSA) is 83.9 Å². The first-order valence-corrected chi connectivity index (χ1v) is 8.24. The van der Waals surface area contributed by atoms with Gasteiger partial charge in [-0.15, -0.1) is 5.10 Å². The Morgan fingerprint density at radius 1 is 1.16 bits per heavy atom. The van der Waals surface area contributed by atoms with Crippen molar-refractivity contribution in [2.45, 2.75) is 6.92 Å². The van der Waals surface area contributed by atoms with Crippen LogP contribution in [-0.2, 0) is 0 Å². The highest BCUT2D eigenvalue weighted by atomic mass is 16.1. The van der Waals surface area contributed by atoms with E-state index in [0.717, 1.165) is 35.6 Å². The van der Waals surface area contributed by atoms with Gasteiger partial charge in [0.2, 0.25) is 0 Å². The molecule has 2 aromatic heterocycles. The van der Waals surface area contributed by atoms with Crippen molar-refractivity contribution < 1.29 is 4.79 Å². The Bertz CT molecular complexity index is 905. The highest BCUT2D eigenvalue weighted by Gasteiger charge is 2.28. The lowest BCUT2D eigenvalue weighted by atomic mass is 10.0. The third kappa shape index (κ3) is 3.26. The quantitative estimate of drug-likeness (QED) is 0.780. The van der Waals surface area contributed by atoms with Gasteiger partial charge in [0.05, 0.1) is 22.9 Å². The van der Waals surface area contributed by atoms with Gasteiger partial charge in [0.15, 0.2) is 5.82 Å². The van der Waals surface area contributed by atoms with Crippen LogP contribution in [0.2, 0.25) is 0 Å². The zero-order valence-electron chi connectivity index (χ0n) is 13.9. The van der Waals surface area contributed by atoms with Crippen LogP contribution in [0.4, 0.5) is 5.82 Å². The van der Waals surface area contributed by atoms with Gasteiger partial charge in [-0.3, -0.25) is 9.78 Å². The molecule has 126 valence electrons. The summed E-state index contributed by atoms with van der Waals surface area (Å²) in [5.41, 5.74) is 2.76. The molecule has 1 aromatic carbocycles. The Balaban J connectivity index is 1.31. The maximum Gasteiger partial charge on any atom is 0.271 e. The first kappa shape index (κ1) is 15.4. The largest absolute Gasteiger partial charge is 0.354 e. The zero-order valence-corrected chi connectivity index (χ0v) is 13.9. The van der Waals surface area contributed by atoms with E-state index in [1.807, 2.05) is 43.3 Å². The predicted molar refractivity (Wildman–Crippen MR) is 94.3 cm³/mol. The molecule has 1 saturated heterocycles. The molecule has 1 amide bonds. The van der Waals surface area contributed by atoms with Gasteiger partial charge in [-0.05, 0) is 31.2 Å². The van der Waals surface area contributed by atoms with Gasteiger partial charge in [-0.25, -0.2) is 4.98 Å². The lowest BCUT2D eigenvalue weighted by Gasteiger charge is -2.39. The highest BCUT2D eigenvalue weighted by molar-refractivity contribution is 5.93. The van der Waals surface area contributed by atoms with E-state index >= 15 is 0 Å². The number of aromatic nitrogens is 4. The number of carbonyl (C=O) groups is 1. The third-order valence-electron chi connectivity index (χ3n) is 4.30. The first-order chi connectivity index (χ1) is 12.2. The van der Waals surface area contributed by atoms with Crippen LogP contribution in [0.5, 0.6) is 0 Å². The lowest BCUT2D eigenvalue weighted by molar-refractivity contribution is 0.0939. The Kier molecular flexibility index (Phi) is 3.97. The molecule has 3 aromatic rings. The van der Waals surface area contributed by atoms with E-state index in [1.54, 1.807) is 0 Å². The smallest absolute Gasteiger partial charge is 0.271 e. The Labute approximate surface area is 145 Å². The molecule has 1 N–H and O–H groups in total. The van der Waals surface area contributed by atoms with Crippen LogP contribution in [-0.4, -0.2) is 45.7 Å². The fourth-order valence-electron chi connectivity index (χ4n) is 2.84. The van der Waals surface area contributed by atoms with Crippen LogP contribution in [0, 0.1) is 12.8 Å². The van der Waals surface area contributed by atoms with E-state index in [-0.39, 0.29) is 5.91 Å². The van der Waals surface area contributed by atoms with Gasteiger partial charge >= 0.3 is 0 Å². The molecule has 1 aliphatic heterocycles. The van der Waals surface area contributed by atoms with Crippen molar-refractivity contribution in [3.8, 4) is 0 Å². The van der Waals surface area contributed by atoms with Gasteiger partial charge in [-0.2, -0.15) is 5.10 Å². The van der Waals surface area contributed by atoms with E-state index in [1.165, 1.54) is 6.20 Å². The number of carbonyl (C=O) groups excluding carboxylic acids is 1. The summed E-state index contributed by atoms with van der Waals surface area (Å²) in [4.78, 5) is 23.1. The molecule has 7 heteroatoms. The monoisotopic (exact) mass is 334 g/mol. The van der Waals surface area contributed by atoms with Crippen molar-refractivity contribution in [1.82, 2.24) is 25.5 Å². The lowest BCUT2D eigenvalue weighted by Crippen LogP contribution is -2.52. The zero-order chi connectivity index (χ0) is 17.2. The summed E-state index contributed by atoms with van der Waals surface area (Å²) in [7, 11) is 0. The van der Waals surface area contributed by atoms with Crippen LogP contribution >= 0.6 is 0 Å². The molecular formula is C18H18N6O. The molecule has 4 rings (SSSR count). The molecule has 1 fully saturated rings. The molecule has 25 heavy (non-hydrogen) atoms. The highest BCUT2D eigenvalue weighted by Crippen LogP contribution is 2.21. The van der Waals surface area contributed by atoms with Crippen LogP contribution in [0.15, 0.2) is 42.6 Å². The van der Waals surface area contributed by atoms with Crippen molar-refractivity contribution in [2.75, 3.05) is 24.5 Å². The maximum absolute atomic E-state index is 12.3. The number of benzene rings is 1. The molecule has 0 radical (unpaired) electrons. The van der Waals surface area contributed by atoms with Crippen molar-refractivity contribution >= 4 is 22.8 Å². The summed E-state index contributed by atoms with van der Waals surface area (Å²) in [6, 6.07) is 11.4. The summed E-state index contributed by atoms with van der Waals surface area (Å²) in [6.45, 7) is 4.26. The fraction of sp³-hybridized carbons (Fsp3) is 0.278. The van der Waals surface area contributed by atoms with Gasteiger partial charge < -0.3 is 10.2 Å². The van der Waals surface area contributed by atoms with Gasteiger partial charge in [0.25, 0.3) is 5.91 Å². The Hall–Kier alpha value is -3.09. The maximum atomic E-state index is 12.3. The minimum atomic E-state index is -0.188. The number of nitrogens with zero attached hydrogens (tertiary/aromatic N) is 5. The molecule has 1 aliphatic rings. The number of anilines is 1. The predicted octanol–water partition coefficient (Wildman–Crippen LogP) is 1.59. The molecule has 0 atom stereocenters. The van der Waals surface area contributed by atoms with Crippen LogP contribution in [0.1, 0.15) is 16.2 Å². The minimum Gasteiger partial charge on any atom is -0.354 e. The van der Waals surface area contributed by atoms with Crippen molar-refractivity contribution in [3.63, 3.8) is 0 Å². The van der Waals surface area contributed by atoms with Gasteiger partial charge in [0, 0.05) is 25.6 Å². The average Bonchev–Trinajstić information content (AvgIpc) is 2.61. The summed E-state index contributed by atoms with van der Waals surface area (Å²) < 4.78 is 0. The molecule has 3 heterocycles. The number of hydrogen-bond acceptors (Lipinski definition) is 6. The number of rotatable bonds is 4. The van der Waals surface area contributed by atoms with E-state index in [2.05, 4.69) is 30.4 Å². The standard InChI is InChI=1S/C18H18N6O/c1-12-6-7-17(23-22-12)24-10-13(11-24)8-20-18(25)16-9-19-14-4-2-3-5-15(14)21-16/h2-7,9,13H,8,10-11H2,1H3,(H,20,25). The van der Waals surface area contributed by atoms with Crippen molar-refractivity contribution in [1.29, 1.82) is 0 Å². The van der Waals surface area contributed by atoms with Gasteiger partial charge in [-0.1, -0.05) is 12.1 Å². The molecule has 0 saturated carbocycles. The second-order valence-corrected chi connectivity index (χ2v) is 6.26. The number of hydrogen-bond donors (Lipinski definition) is 1. The van der Waals surface area contributed by atoms with E-state index in [9.17, 15) is 4.79 Å². The van der Waals surface area contributed by atoms with Crippen LogP contribution in [0.25, 0.3) is 11.0 Å². The SMILES string of the molecule is Cc1ccc(N2CC(CNC(=O)c3cnc4ccccc4n3)C2)nn1. The molecule has 7 nitrogen and oxygen atoms in total. The van der Waals surface area contributed by atoms with Crippen molar-refractivity contribution in [2.24, 2.45) is 5.92 Å². The Morgan fingerprint density at radius 2 is 1.96 bits per heavy atom. The number of amides is 1. The van der Waals surface area contributed by atoms with Crippen LogP contribution in [0.3, 0.4) is 0 Å². The van der Waals surface area contributed by atoms with E-state index in [0.29, 0.717) is 18.2 Å². The molecular weight excluding hydrogens is 316 g/mol. The fourth-order valence-corrected chi connectivity index (χ4v) is 2.84. The number of aryl methyl sites for hydroxylation is 1. The molecule has 0 aliphatic carbocycles. The summed E-state index contributed by atoms with van der Waals surface area (Å²) >= 11 is 0. The molecule has 0 unspecified atom stereocenters. The van der Waals surface area contributed by atoms with Crippen LogP contribution < -0.4 is 10.2 Å². The summed E-state index contributed by atoms with van der Waals surface area (Å²) in [6.07, 6.45) is 1.52. The average molecular weight is 334 g/mol. The van der Waals surface area contributed by atoms with Crippen molar-refractivity contribution in [3.05, 3.63) is 54.0 Å². The molecule has 0 bridgehead atoms. The minimum absolute atomic E-state index is 0.188. The first-order valence-electron chi connectivity index (χ1n) is 8.24. The number of fused-ring (bicyclic) bond motifs is 1. The molecule has 0 spiro atoms. The third-order valence-corrected chi connectivity index (χ3v) is 4.30. The van der Waals surface area contributed by atoms with Gasteiger partial charge in [0.1, 0.15) is 5.69 Å². The van der Waals surface area contributed by atoms with E-state index in [4.69, 9.17) is 0 Å². The normalized spacial score (nSPS) is 14.4. The number of para-hydroxylation sites is 2. The second kappa shape index (κ2) is 6.43. The second-order valence-electron chi connectivity index (χ2n) is 6.26. The van der Waals surface area contributed by atoms with E-state index < -0.39 is 0 Å².